The van der Waals surface area contributed by atoms with Gasteiger partial charge in [0.2, 0.25) is 0 Å². The molecule has 1 unspecified atom stereocenters. The summed E-state index contributed by atoms with van der Waals surface area (Å²) in [6, 6.07) is 14.1. The fourth-order valence-corrected chi connectivity index (χ4v) is 4.32. The highest BCUT2D eigenvalue weighted by Gasteiger charge is 2.18. The Bertz CT molecular complexity index is 1420. The Balaban J connectivity index is 1.25. The molecule has 1 aliphatic heterocycles. The molecule has 0 saturated carbocycles. The van der Waals surface area contributed by atoms with Crippen molar-refractivity contribution in [1.82, 2.24) is 29.9 Å². The zero-order valence-electron chi connectivity index (χ0n) is 18.5. The molecular weight excluding hydrogens is 430 g/mol. The van der Waals surface area contributed by atoms with E-state index in [0.29, 0.717) is 5.82 Å². The van der Waals surface area contributed by atoms with Gasteiger partial charge in [0.05, 0.1) is 17.4 Å². The Morgan fingerprint density at radius 3 is 2.82 bits per heavy atom. The average molecular weight is 456 g/mol. The SMILES string of the molecule is OC(NC1CCOCC1)c1ccc(Nc2nc(-c3ccc4cn[nH]c4c3)cn3ccnc23)cc1. The van der Waals surface area contributed by atoms with Gasteiger partial charge in [-0.05, 0) is 36.6 Å². The van der Waals surface area contributed by atoms with E-state index in [0.717, 1.165) is 65.1 Å². The Morgan fingerprint density at radius 2 is 1.97 bits per heavy atom. The van der Waals surface area contributed by atoms with E-state index in [9.17, 15) is 5.11 Å². The van der Waals surface area contributed by atoms with E-state index in [2.05, 4.69) is 25.8 Å². The van der Waals surface area contributed by atoms with Gasteiger partial charge < -0.3 is 19.6 Å². The summed E-state index contributed by atoms with van der Waals surface area (Å²) in [5.41, 5.74) is 5.17. The Kier molecular flexibility index (Phi) is 5.42. The van der Waals surface area contributed by atoms with Crippen LogP contribution in [-0.4, -0.2) is 48.9 Å². The molecule has 5 aromatic rings. The Morgan fingerprint density at radius 1 is 1.12 bits per heavy atom. The molecule has 4 heterocycles. The van der Waals surface area contributed by atoms with Crippen LogP contribution in [0.3, 0.4) is 0 Å². The van der Waals surface area contributed by atoms with Gasteiger partial charge in [0, 0.05) is 54.5 Å². The van der Waals surface area contributed by atoms with Crippen molar-refractivity contribution in [2.45, 2.75) is 25.1 Å². The number of nitrogens with one attached hydrogen (secondary N) is 3. The van der Waals surface area contributed by atoms with Gasteiger partial charge in [-0.15, -0.1) is 0 Å². The zero-order chi connectivity index (χ0) is 22.9. The van der Waals surface area contributed by atoms with E-state index >= 15 is 0 Å². The molecule has 0 spiro atoms. The smallest absolute Gasteiger partial charge is 0.180 e. The molecule has 1 atom stereocenters. The lowest BCUT2D eigenvalue weighted by atomic mass is 10.1. The van der Waals surface area contributed by atoms with Crippen molar-refractivity contribution in [1.29, 1.82) is 0 Å². The lowest BCUT2D eigenvalue weighted by Gasteiger charge is -2.26. The summed E-state index contributed by atoms with van der Waals surface area (Å²) in [6.45, 7) is 1.47. The highest BCUT2D eigenvalue weighted by atomic mass is 16.5. The maximum absolute atomic E-state index is 10.6. The van der Waals surface area contributed by atoms with Crippen LogP contribution in [0.2, 0.25) is 0 Å². The molecule has 172 valence electrons. The van der Waals surface area contributed by atoms with Crippen LogP contribution in [0, 0.1) is 0 Å². The van der Waals surface area contributed by atoms with E-state index < -0.39 is 6.23 Å². The van der Waals surface area contributed by atoms with E-state index in [1.165, 1.54) is 0 Å². The normalized spacial score (nSPS) is 15.7. The van der Waals surface area contributed by atoms with Gasteiger partial charge in [0.15, 0.2) is 11.5 Å². The van der Waals surface area contributed by atoms with Crippen LogP contribution in [-0.2, 0) is 4.74 Å². The molecular formula is C25H25N7O2. The molecule has 0 radical (unpaired) electrons. The summed E-state index contributed by atoms with van der Waals surface area (Å²) in [5.74, 6) is 0.654. The summed E-state index contributed by atoms with van der Waals surface area (Å²) < 4.78 is 7.34. The van der Waals surface area contributed by atoms with Crippen molar-refractivity contribution >= 4 is 28.1 Å². The summed E-state index contributed by atoms with van der Waals surface area (Å²) in [5, 5.41) is 25.4. The molecule has 9 heteroatoms. The van der Waals surface area contributed by atoms with Gasteiger partial charge in [0.1, 0.15) is 6.23 Å². The maximum Gasteiger partial charge on any atom is 0.180 e. The number of rotatable bonds is 6. The Labute approximate surface area is 195 Å². The topological polar surface area (TPSA) is 112 Å². The molecule has 0 amide bonds. The van der Waals surface area contributed by atoms with Crippen LogP contribution in [0.1, 0.15) is 24.6 Å². The van der Waals surface area contributed by atoms with Gasteiger partial charge in [-0.25, -0.2) is 9.97 Å². The number of aliphatic hydroxyl groups is 1. The molecule has 0 aliphatic carbocycles. The Hall–Kier alpha value is -3.79. The number of aliphatic hydroxyl groups excluding tert-OH is 1. The lowest BCUT2D eigenvalue weighted by molar-refractivity contribution is 0.0491. The van der Waals surface area contributed by atoms with Crippen LogP contribution in [0.4, 0.5) is 11.5 Å². The summed E-state index contributed by atoms with van der Waals surface area (Å²) in [4.78, 5) is 9.33. The fourth-order valence-electron chi connectivity index (χ4n) is 4.32. The van der Waals surface area contributed by atoms with Gasteiger partial charge in [-0.2, -0.15) is 5.10 Å². The van der Waals surface area contributed by atoms with Crippen LogP contribution in [0.15, 0.2) is 67.3 Å². The molecule has 1 fully saturated rings. The van der Waals surface area contributed by atoms with Crippen molar-refractivity contribution in [2.24, 2.45) is 0 Å². The van der Waals surface area contributed by atoms with E-state index in [1.54, 1.807) is 12.4 Å². The second-order valence-electron chi connectivity index (χ2n) is 8.51. The number of H-pyrrole nitrogens is 1. The third-order valence-electron chi connectivity index (χ3n) is 6.22. The van der Waals surface area contributed by atoms with Gasteiger partial charge in [-0.3, -0.25) is 10.4 Å². The first-order chi connectivity index (χ1) is 16.7. The second-order valence-corrected chi connectivity index (χ2v) is 8.51. The quantitative estimate of drug-likeness (QED) is 0.288. The summed E-state index contributed by atoms with van der Waals surface area (Å²) in [7, 11) is 0. The number of ether oxygens (including phenoxy) is 1. The molecule has 34 heavy (non-hydrogen) atoms. The van der Waals surface area contributed by atoms with Crippen molar-refractivity contribution < 1.29 is 9.84 Å². The van der Waals surface area contributed by atoms with E-state index in [4.69, 9.17) is 9.72 Å². The maximum atomic E-state index is 10.6. The van der Waals surface area contributed by atoms with Crippen LogP contribution >= 0.6 is 0 Å². The number of aromatic amines is 1. The minimum atomic E-state index is -0.713. The predicted molar refractivity (Wildman–Crippen MR) is 130 cm³/mol. The minimum Gasteiger partial charge on any atom is -0.381 e. The van der Waals surface area contributed by atoms with Crippen molar-refractivity contribution in [3.63, 3.8) is 0 Å². The van der Waals surface area contributed by atoms with Crippen LogP contribution < -0.4 is 10.6 Å². The first kappa shape index (κ1) is 20.8. The highest BCUT2D eigenvalue weighted by molar-refractivity contribution is 5.83. The van der Waals surface area contributed by atoms with Gasteiger partial charge in [0.25, 0.3) is 0 Å². The molecule has 6 rings (SSSR count). The molecule has 4 N–H and O–H groups in total. The molecule has 2 aromatic carbocycles. The van der Waals surface area contributed by atoms with E-state index in [-0.39, 0.29) is 6.04 Å². The number of aromatic nitrogens is 5. The summed E-state index contributed by atoms with van der Waals surface area (Å²) in [6.07, 6.45) is 8.53. The van der Waals surface area contributed by atoms with Crippen molar-refractivity contribution in [3.05, 3.63) is 72.8 Å². The number of anilines is 2. The standard InChI is InChI=1S/C25H25N7O2/c33-25(29-20-7-11-34-12-8-20)16-3-5-19(6-4-16)28-23-24-26-9-10-32(24)15-22(30-23)17-1-2-18-14-27-31-21(18)13-17/h1-6,9-10,13-15,20,25,29,33H,7-8,11-12H2,(H,27,31)(H,28,30). The molecule has 1 saturated heterocycles. The average Bonchev–Trinajstić information content (AvgIpc) is 3.54. The highest BCUT2D eigenvalue weighted by Crippen LogP contribution is 2.27. The van der Waals surface area contributed by atoms with Gasteiger partial charge in [-0.1, -0.05) is 24.3 Å². The zero-order valence-corrected chi connectivity index (χ0v) is 18.5. The number of nitrogens with zero attached hydrogens (tertiary/aromatic N) is 4. The molecule has 3 aromatic heterocycles. The number of hydrogen-bond donors (Lipinski definition) is 4. The van der Waals surface area contributed by atoms with E-state index in [1.807, 2.05) is 59.3 Å². The first-order valence-corrected chi connectivity index (χ1v) is 11.4. The number of imidazole rings is 1. The number of hydrogen-bond acceptors (Lipinski definition) is 7. The second kappa shape index (κ2) is 8.86. The first-order valence-electron chi connectivity index (χ1n) is 11.4. The van der Waals surface area contributed by atoms with Crippen LogP contribution in [0.25, 0.3) is 27.8 Å². The largest absolute Gasteiger partial charge is 0.381 e. The van der Waals surface area contributed by atoms with Gasteiger partial charge >= 0.3 is 0 Å². The lowest BCUT2D eigenvalue weighted by Crippen LogP contribution is -2.37. The predicted octanol–water partition coefficient (Wildman–Crippen LogP) is 3.78. The molecule has 9 nitrogen and oxygen atoms in total. The molecule has 1 aliphatic rings. The number of benzene rings is 2. The van der Waals surface area contributed by atoms with Crippen molar-refractivity contribution in [2.75, 3.05) is 18.5 Å². The third-order valence-corrected chi connectivity index (χ3v) is 6.22. The summed E-state index contributed by atoms with van der Waals surface area (Å²) >= 11 is 0. The van der Waals surface area contributed by atoms with Crippen molar-refractivity contribution in [3.8, 4) is 11.3 Å². The third kappa shape index (κ3) is 4.12. The van der Waals surface area contributed by atoms with Crippen LogP contribution in [0.5, 0.6) is 0 Å². The monoisotopic (exact) mass is 455 g/mol. The number of fused-ring (bicyclic) bond motifs is 2. The fraction of sp³-hybridized carbons (Fsp3) is 0.240. The molecule has 0 bridgehead atoms. The minimum absolute atomic E-state index is 0.267.